The number of benzene rings is 1. The van der Waals surface area contributed by atoms with Crippen molar-refractivity contribution < 1.29 is 20.1 Å². The molecule has 0 bridgehead atoms. The van der Waals surface area contributed by atoms with Gasteiger partial charge in [0.1, 0.15) is 12.2 Å². The van der Waals surface area contributed by atoms with Gasteiger partial charge in [-0.25, -0.2) is 4.79 Å². The molecule has 0 saturated heterocycles. The molecule has 80 valence electrons. The van der Waals surface area contributed by atoms with Crippen LogP contribution in [0.15, 0.2) is 42.5 Å². The van der Waals surface area contributed by atoms with Gasteiger partial charge in [0.25, 0.3) is 0 Å². The highest BCUT2D eigenvalue weighted by atomic mass is 16.4. The fourth-order valence-electron chi connectivity index (χ4n) is 1.13. The van der Waals surface area contributed by atoms with Crippen LogP contribution in [0.25, 0.3) is 0 Å². The largest absolute Gasteiger partial charge is 0.478 e. The molecule has 0 fully saturated rings. The molecule has 0 aliphatic heterocycles. The number of carboxylic acid groups (broad SMARTS) is 1. The molecule has 0 heterocycles. The maximum atomic E-state index is 10.2. The summed E-state index contributed by atoms with van der Waals surface area (Å²) < 4.78 is 0. The smallest absolute Gasteiger partial charge is 0.328 e. The predicted molar refractivity (Wildman–Crippen MR) is 54.2 cm³/mol. The monoisotopic (exact) mass is 208 g/mol. The Kier molecular flexibility index (Phi) is 4.03. The second kappa shape index (κ2) is 5.29. The van der Waals surface area contributed by atoms with Crippen LogP contribution in [0.2, 0.25) is 0 Å². The van der Waals surface area contributed by atoms with Gasteiger partial charge >= 0.3 is 5.97 Å². The number of carboxylic acids is 1. The highest BCUT2D eigenvalue weighted by Crippen LogP contribution is 2.16. The minimum atomic E-state index is -1.22. The fourth-order valence-corrected chi connectivity index (χ4v) is 1.13. The van der Waals surface area contributed by atoms with E-state index in [2.05, 4.69) is 0 Å². The van der Waals surface area contributed by atoms with Crippen LogP contribution in [0.3, 0.4) is 0 Å². The third-order valence-electron chi connectivity index (χ3n) is 1.90. The van der Waals surface area contributed by atoms with Gasteiger partial charge in [0.2, 0.25) is 0 Å². The molecule has 0 aliphatic rings. The first-order chi connectivity index (χ1) is 7.11. The molecule has 0 radical (unpaired) electrons. The summed E-state index contributed by atoms with van der Waals surface area (Å²) in [7, 11) is 0. The minimum Gasteiger partial charge on any atom is -0.478 e. The van der Waals surface area contributed by atoms with Crippen molar-refractivity contribution in [3.63, 3.8) is 0 Å². The van der Waals surface area contributed by atoms with E-state index in [1.807, 2.05) is 0 Å². The molecule has 3 N–H and O–H groups in total. The van der Waals surface area contributed by atoms with Crippen molar-refractivity contribution in [2.24, 2.45) is 0 Å². The predicted octanol–water partition coefficient (Wildman–Crippen LogP) is 0.722. The fraction of sp³-hybridized carbons (Fsp3) is 0.182. The topological polar surface area (TPSA) is 77.8 Å². The maximum Gasteiger partial charge on any atom is 0.328 e. The Morgan fingerprint density at radius 1 is 1.20 bits per heavy atom. The highest BCUT2D eigenvalue weighted by Gasteiger charge is 2.15. The number of hydrogen-bond acceptors (Lipinski definition) is 3. The molecule has 4 nitrogen and oxygen atoms in total. The number of rotatable bonds is 4. The standard InChI is InChI=1S/C11H12O4/c12-9(6-7-10(13)14)11(15)8-4-2-1-3-5-8/h1-7,9,11-12,15H,(H,13,14)/b7-6+. The molecule has 1 rings (SSSR count). The molecule has 1 aromatic carbocycles. The molecule has 0 aromatic heterocycles. The lowest BCUT2D eigenvalue weighted by atomic mass is 10.0. The molecule has 15 heavy (non-hydrogen) atoms. The van der Waals surface area contributed by atoms with Crippen molar-refractivity contribution in [2.45, 2.75) is 12.2 Å². The molecule has 0 saturated carbocycles. The van der Waals surface area contributed by atoms with Gasteiger partial charge in [-0.2, -0.15) is 0 Å². The molecule has 0 spiro atoms. The highest BCUT2D eigenvalue weighted by molar-refractivity contribution is 5.79. The second-order valence-corrected chi connectivity index (χ2v) is 3.04. The molecule has 4 heteroatoms. The number of aliphatic hydroxyl groups is 2. The van der Waals surface area contributed by atoms with Crippen LogP contribution in [0.5, 0.6) is 0 Å². The van der Waals surface area contributed by atoms with Gasteiger partial charge in [-0.1, -0.05) is 30.3 Å². The van der Waals surface area contributed by atoms with Gasteiger partial charge in [0.15, 0.2) is 0 Å². The Morgan fingerprint density at radius 3 is 2.33 bits per heavy atom. The summed E-state index contributed by atoms with van der Waals surface area (Å²) >= 11 is 0. The average molecular weight is 208 g/mol. The summed E-state index contributed by atoms with van der Waals surface area (Å²) in [5.74, 6) is -1.16. The number of hydrogen-bond donors (Lipinski definition) is 3. The van der Waals surface area contributed by atoms with E-state index in [9.17, 15) is 15.0 Å². The van der Waals surface area contributed by atoms with E-state index in [0.717, 1.165) is 12.2 Å². The quantitative estimate of drug-likeness (QED) is 0.637. The number of aliphatic carboxylic acids is 1. The lowest BCUT2D eigenvalue weighted by molar-refractivity contribution is -0.131. The Bertz CT molecular complexity index is 345. The average Bonchev–Trinajstić information content (AvgIpc) is 2.26. The van der Waals surface area contributed by atoms with Gasteiger partial charge in [-0.05, 0) is 11.6 Å². The SMILES string of the molecule is O=C(O)/C=C/C(O)C(O)c1ccccc1. The molecule has 0 amide bonds. The first-order valence-corrected chi connectivity index (χ1v) is 4.43. The van der Waals surface area contributed by atoms with Crippen molar-refractivity contribution in [3.8, 4) is 0 Å². The van der Waals surface area contributed by atoms with Crippen molar-refractivity contribution in [1.29, 1.82) is 0 Å². The van der Waals surface area contributed by atoms with Crippen LogP contribution >= 0.6 is 0 Å². The maximum absolute atomic E-state index is 10.2. The van der Waals surface area contributed by atoms with Gasteiger partial charge < -0.3 is 15.3 Å². The second-order valence-electron chi connectivity index (χ2n) is 3.04. The zero-order chi connectivity index (χ0) is 11.3. The third kappa shape index (κ3) is 3.53. The zero-order valence-corrected chi connectivity index (χ0v) is 7.95. The van der Waals surface area contributed by atoms with E-state index in [-0.39, 0.29) is 0 Å². The summed E-state index contributed by atoms with van der Waals surface area (Å²) in [6.07, 6.45) is -0.484. The normalized spacial score (nSPS) is 15.1. The van der Waals surface area contributed by atoms with Crippen molar-refractivity contribution in [1.82, 2.24) is 0 Å². The van der Waals surface area contributed by atoms with E-state index in [0.29, 0.717) is 5.56 Å². The summed E-state index contributed by atoms with van der Waals surface area (Å²) in [6, 6.07) is 8.55. The first kappa shape index (κ1) is 11.4. The Labute approximate surface area is 87.1 Å². The van der Waals surface area contributed by atoms with Crippen LogP contribution < -0.4 is 0 Å². The molecular weight excluding hydrogens is 196 g/mol. The summed E-state index contributed by atoms with van der Waals surface area (Å²) in [5, 5.41) is 27.4. The van der Waals surface area contributed by atoms with E-state index in [1.54, 1.807) is 30.3 Å². The van der Waals surface area contributed by atoms with Crippen LogP contribution in [0.1, 0.15) is 11.7 Å². The first-order valence-electron chi connectivity index (χ1n) is 4.43. The number of carbonyl (C=O) groups is 1. The zero-order valence-electron chi connectivity index (χ0n) is 7.95. The lowest BCUT2D eigenvalue weighted by Gasteiger charge is -2.14. The Balaban J connectivity index is 2.69. The Morgan fingerprint density at radius 2 is 1.80 bits per heavy atom. The van der Waals surface area contributed by atoms with Crippen LogP contribution in [-0.2, 0) is 4.79 Å². The van der Waals surface area contributed by atoms with Gasteiger partial charge in [0, 0.05) is 6.08 Å². The van der Waals surface area contributed by atoms with Crippen LogP contribution in [0, 0.1) is 0 Å². The van der Waals surface area contributed by atoms with Gasteiger partial charge in [-0.15, -0.1) is 0 Å². The summed E-state index contributed by atoms with van der Waals surface area (Å²) in [6.45, 7) is 0. The summed E-state index contributed by atoms with van der Waals surface area (Å²) in [5.41, 5.74) is 0.542. The molecule has 0 aliphatic carbocycles. The van der Waals surface area contributed by atoms with Gasteiger partial charge in [0.05, 0.1) is 0 Å². The van der Waals surface area contributed by atoms with Crippen LogP contribution in [-0.4, -0.2) is 27.4 Å². The van der Waals surface area contributed by atoms with E-state index in [4.69, 9.17) is 5.11 Å². The van der Waals surface area contributed by atoms with Crippen molar-refractivity contribution in [2.75, 3.05) is 0 Å². The molecule has 1 aromatic rings. The van der Waals surface area contributed by atoms with Crippen molar-refractivity contribution in [3.05, 3.63) is 48.0 Å². The molecule has 2 atom stereocenters. The van der Waals surface area contributed by atoms with Crippen molar-refractivity contribution >= 4 is 5.97 Å². The Hall–Kier alpha value is -1.65. The van der Waals surface area contributed by atoms with Gasteiger partial charge in [-0.3, -0.25) is 0 Å². The van der Waals surface area contributed by atoms with E-state index >= 15 is 0 Å². The molecule has 2 unspecified atom stereocenters. The third-order valence-corrected chi connectivity index (χ3v) is 1.90. The number of aliphatic hydroxyl groups excluding tert-OH is 2. The molecular formula is C11H12O4. The van der Waals surface area contributed by atoms with Crippen LogP contribution in [0.4, 0.5) is 0 Å². The lowest BCUT2D eigenvalue weighted by Crippen LogP contribution is -2.15. The van der Waals surface area contributed by atoms with E-state index < -0.39 is 18.2 Å². The summed E-state index contributed by atoms with van der Waals surface area (Å²) in [4.78, 5) is 10.2. The minimum absolute atomic E-state index is 0.542. The van der Waals surface area contributed by atoms with E-state index in [1.165, 1.54) is 0 Å².